The van der Waals surface area contributed by atoms with E-state index in [1.165, 1.54) is 0 Å². The molecule has 2 bridgehead atoms. The molecule has 1 N–H and O–H groups in total. The number of ether oxygens (including phenoxy) is 1. The predicted molar refractivity (Wildman–Crippen MR) is 76.4 cm³/mol. The topological polar surface area (TPSA) is 49.8 Å². The Morgan fingerprint density at radius 3 is 2.81 bits per heavy atom. The number of amides is 1. The van der Waals surface area contributed by atoms with E-state index in [9.17, 15) is 9.90 Å². The minimum Gasteiger partial charge on any atom is -0.390 e. The van der Waals surface area contributed by atoms with E-state index in [1.807, 2.05) is 35.2 Å². The fourth-order valence-electron chi connectivity index (χ4n) is 5.69. The van der Waals surface area contributed by atoms with Crippen LogP contribution in [0.5, 0.6) is 0 Å². The molecule has 4 fully saturated rings. The second-order valence-electron chi connectivity index (χ2n) is 6.90. The van der Waals surface area contributed by atoms with Crippen LogP contribution >= 0.6 is 0 Å². The van der Waals surface area contributed by atoms with Crippen LogP contribution in [0.4, 0.5) is 5.69 Å². The zero-order valence-electron chi connectivity index (χ0n) is 12.0. The van der Waals surface area contributed by atoms with Crippen molar-refractivity contribution in [2.75, 3.05) is 4.90 Å². The zero-order valence-corrected chi connectivity index (χ0v) is 12.0. The highest BCUT2D eigenvalue weighted by Gasteiger charge is 2.77. The van der Waals surface area contributed by atoms with Gasteiger partial charge in [-0.25, -0.2) is 0 Å². The van der Waals surface area contributed by atoms with Crippen molar-refractivity contribution in [3.63, 3.8) is 0 Å². The fraction of sp³-hybridized carbons (Fsp3) is 0.588. The van der Waals surface area contributed by atoms with Crippen molar-refractivity contribution in [2.45, 2.75) is 37.7 Å². The molecule has 2 heterocycles. The molecule has 2 aliphatic heterocycles. The Balaban J connectivity index is 1.69. The van der Waals surface area contributed by atoms with Crippen LogP contribution in [0.25, 0.3) is 0 Å². The number of fused-ring (bicyclic) bond motifs is 2. The molecular formula is C17H19NO3. The number of hydrogen-bond donors (Lipinski definition) is 1. The SMILES string of the molecule is CCC12OC3C(O)C4CC3C1C4C(=O)N2c1ccccc1. The van der Waals surface area contributed by atoms with Gasteiger partial charge in [0, 0.05) is 11.6 Å². The summed E-state index contributed by atoms with van der Waals surface area (Å²) in [6.07, 6.45) is 1.21. The number of hydrogen-bond acceptors (Lipinski definition) is 3. The lowest BCUT2D eigenvalue weighted by Crippen LogP contribution is -2.50. The normalized spacial score (nSPS) is 49.4. The lowest BCUT2D eigenvalue weighted by atomic mass is 9.76. The first-order valence-electron chi connectivity index (χ1n) is 7.94. The summed E-state index contributed by atoms with van der Waals surface area (Å²) in [5.74, 6) is 0.808. The molecule has 4 aliphatic rings. The van der Waals surface area contributed by atoms with Gasteiger partial charge in [0.1, 0.15) is 0 Å². The first kappa shape index (κ1) is 12.2. The van der Waals surface area contributed by atoms with Gasteiger partial charge in [-0.1, -0.05) is 25.1 Å². The van der Waals surface area contributed by atoms with Crippen LogP contribution in [0.1, 0.15) is 19.8 Å². The third-order valence-electron chi connectivity index (χ3n) is 6.32. The van der Waals surface area contributed by atoms with E-state index in [1.54, 1.807) is 0 Å². The van der Waals surface area contributed by atoms with Gasteiger partial charge >= 0.3 is 0 Å². The summed E-state index contributed by atoms with van der Waals surface area (Å²) in [5.41, 5.74) is 0.387. The van der Waals surface area contributed by atoms with Gasteiger partial charge < -0.3 is 9.84 Å². The molecule has 7 atom stereocenters. The minimum atomic E-state index is -0.537. The Hall–Kier alpha value is -1.39. The van der Waals surface area contributed by atoms with Gasteiger partial charge in [-0.05, 0) is 36.8 Å². The number of anilines is 1. The molecule has 2 saturated heterocycles. The molecule has 110 valence electrons. The number of nitrogens with zero attached hydrogens (tertiary/aromatic N) is 1. The number of carbonyl (C=O) groups is 1. The second kappa shape index (κ2) is 3.68. The van der Waals surface area contributed by atoms with Gasteiger partial charge in [0.15, 0.2) is 5.72 Å². The standard InChI is InChI=1S/C17H19NO3/c1-2-17-13-11-8-10(14(19)15(11)21-17)12(13)16(20)18(17)9-6-4-3-5-7-9/h3-7,10-15,19H,2,8H2,1H3. The first-order valence-corrected chi connectivity index (χ1v) is 7.94. The maximum Gasteiger partial charge on any atom is 0.233 e. The molecule has 2 aliphatic carbocycles. The summed E-state index contributed by atoms with van der Waals surface area (Å²) in [6, 6.07) is 9.84. The molecule has 1 aromatic carbocycles. The van der Waals surface area contributed by atoms with Gasteiger partial charge in [-0.3, -0.25) is 9.69 Å². The number of aliphatic hydroxyl groups excluding tert-OH is 1. The van der Waals surface area contributed by atoms with E-state index >= 15 is 0 Å². The van der Waals surface area contributed by atoms with Crippen LogP contribution in [0.3, 0.4) is 0 Å². The molecule has 5 rings (SSSR count). The van der Waals surface area contributed by atoms with Crippen molar-refractivity contribution >= 4 is 11.6 Å². The van der Waals surface area contributed by atoms with Crippen LogP contribution in [-0.4, -0.2) is 28.9 Å². The lowest BCUT2D eigenvalue weighted by Gasteiger charge is -2.38. The largest absolute Gasteiger partial charge is 0.390 e. The first-order chi connectivity index (χ1) is 10.2. The van der Waals surface area contributed by atoms with E-state index in [0.29, 0.717) is 5.92 Å². The minimum absolute atomic E-state index is 0.0519. The van der Waals surface area contributed by atoms with Gasteiger partial charge in [0.2, 0.25) is 5.91 Å². The molecule has 0 aromatic heterocycles. The highest BCUT2D eigenvalue weighted by Crippen LogP contribution is 2.68. The van der Waals surface area contributed by atoms with Gasteiger partial charge in [0.05, 0.1) is 18.1 Å². The monoisotopic (exact) mass is 285 g/mol. The van der Waals surface area contributed by atoms with Crippen molar-refractivity contribution in [3.8, 4) is 0 Å². The summed E-state index contributed by atoms with van der Waals surface area (Å²) in [7, 11) is 0. The van der Waals surface area contributed by atoms with Gasteiger partial charge in [-0.15, -0.1) is 0 Å². The van der Waals surface area contributed by atoms with Crippen LogP contribution in [0.2, 0.25) is 0 Å². The van der Waals surface area contributed by atoms with Gasteiger partial charge in [0.25, 0.3) is 0 Å². The number of rotatable bonds is 2. The molecular weight excluding hydrogens is 266 g/mol. The molecule has 7 unspecified atom stereocenters. The third-order valence-corrected chi connectivity index (χ3v) is 6.32. The molecule has 0 radical (unpaired) electrons. The van der Waals surface area contributed by atoms with Crippen LogP contribution in [-0.2, 0) is 9.53 Å². The van der Waals surface area contributed by atoms with Crippen LogP contribution in [0.15, 0.2) is 30.3 Å². The maximum absolute atomic E-state index is 13.1. The molecule has 4 nitrogen and oxygen atoms in total. The van der Waals surface area contributed by atoms with E-state index in [-0.39, 0.29) is 29.8 Å². The van der Waals surface area contributed by atoms with E-state index in [4.69, 9.17) is 4.74 Å². The summed E-state index contributed by atoms with van der Waals surface area (Å²) in [6.45, 7) is 2.09. The van der Waals surface area contributed by atoms with E-state index in [2.05, 4.69) is 6.92 Å². The number of para-hydroxylation sites is 1. The highest BCUT2D eigenvalue weighted by molar-refractivity contribution is 6.00. The molecule has 21 heavy (non-hydrogen) atoms. The maximum atomic E-state index is 13.1. The Bertz CT molecular complexity index is 618. The highest BCUT2D eigenvalue weighted by atomic mass is 16.6. The quantitative estimate of drug-likeness (QED) is 0.901. The van der Waals surface area contributed by atoms with Crippen molar-refractivity contribution < 1.29 is 14.6 Å². The van der Waals surface area contributed by atoms with E-state index < -0.39 is 11.8 Å². The fourth-order valence-corrected chi connectivity index (χ4v) is 5.69. The average Bonchev–Trinajstić information content (AvgIpc) is 3.16. The molecule has 4 heteroatoms. The third kappa shape index (κ3) is 1.16. The molecule has 1 aromatic rings. The van der Waals surface area contributed by atoms with Crippen molar-refractivity contribution in [2.24, 2.45) is 23.7 Å². The zero-order chi connectivity index (χ0) is 14.4. The molecule has 2 saturated carbocycles. The van der Waals surface area contributed by atoms with Crippen LogP contribution < -0.4 is 4.90 Å². The summed E-state index contributed by atoms with van der Waals surface area (Å²) in [4.78, 5) is 15.0. The van der Waals surface area contributed by atoms with Crippen LogP contribution in [0, 0.1) is 23.7 Å². The Morgan fingerprint density at radius 1 is 1.33 bits per heavy atom. The Morgan fingerprint density at radius 2 is 2.10 bits per heavy atom. The number of carbonyl (C=O) groups excluding carboxylic acids is 1. The second-order valence-corrected chi connectivity index (χ2v) is 6.90. The molecule has 0 spiro atoms. The smallest absolute Gasteiger partial charge is 0.233 e. The Kier molecular flexibility index (Phi) is 2.13. The van der Waals surface area contributed by atoms with E-state index in [0.717, 1.165) is 18.5 Å². The molecule has 1 amide bonds. The average molecular weight is 285 g/mol. The number of benzene rings is 1. The van der Waals surface area contributed by atoms with Crippen molar-refractivity contribution in [3.05, 3.63) is 30.3 Å². The Labute approximate surface area is 123 Å². The summed E-state index contributed by atoms with van der Waals surface area (Å²) >= 11 is 0. The summed E-state index contributed by atoms with van der Waals surface area (Å²) < 4.78 is 6.37. The predicted octanol–water partition coefficient (Wildman–Crippen LogP) is 1.78. The van der Waals surface area contributed by atoms with Gasteiger partial charge in [-0.2, -0.15) is 0 Å². The van der Waals surface area contributed by atoms with Crippen molar-refractivity contribution in [1.82, 2.24) is 0 Å². The summed E-state index contributed by atoms with van der Waals surface area (Å²) in [5, 5.41) is 10.4. The lowest BCUT2D eigenvalue weighted by molar-refractivity contribution is -0.133. The number of aliphatic hydroxyl groups is 1. The van der Waals surface area contributed by atoms with Crippen molar-refractivity contribution in [1.29, 1.82) is 0 Å².